The van der Waals surface area contributed by atoms with Crippen LogP contribution in [0, 0.1) is 25.7 Å². The highest BCUT2D eigenvalue weighted by Gasteiger charge is 2.27. The monoisotopic (exact) mass is 274 g/mol. The van der Waals surface area contributed by atoms with Gasteiger partial charge in [0.15, 0.2) is 0 Å². The Bertz CT molecular complexity index is 431. The molecule has 0 radical (unpaired) electrons. The first kappa shape index (κ1) is 15.5. The van der Waals surface area contributed by atoms with E-state index in [-0.39, 0.29) is 0 Å². The lowest BCUT2D eigenvalue weighted by molar-refractivity contribution is 0.117. The van der Waals surface area contributed by atoms with Gasteiger partial charge in [0.25, 0.3) is 0 Å². The van der Waals surface area contributed by atoms with Gasteiger partial charge in [-0.15, -0.1) is 0 Å². The van der Waals surface area contributed by atoms with Gasteiger partial charge in [-0.25, -0.2) is 0 Å². The van der Waals surface area contributed by atoms with Crippen molar-refractivity contribution in [2.75, 3.05) is 19.6 Å². The van der Waals surface area contributed by atoms with E-state index in [1.165, 1.54) is 42.6 Å². The highest BCUT2D eigenvalue weighted by Crippen LogP contribution is 2.31. The Hall–Kier alpha value is -0.860. The minimum absolute atomic E-state index is 0.392. The molecule has 0 spiro atoms. The summed E-state index contributed by atoms with van der Waals surface area (Å²) in [6.07, 6.45) is 2.64. The third-order valence-electron chi connectivity index (χ3n) is 5.19. The van der Waals surface area contributed by atoms with Crippen LogP contribution in [0.15, 0.2) is 18.2 Å². The molecule has 1 aliphatic heterocycles. The van der Waals surface area contributed by atoms with E-state index < -0.39 is 0 Å². The molecule has 2 nitrogen and oxygen atoms in total. The molecular formula is C18H30N2. The minimum atomic E-state index is 0.392. The zero-order chi connectivity index (χ0) is 14.7. The summed E-state index contributed by atoms with van der Waals surface area (Å²) in [7, 11) is 0. The molecule has 1 heterocycles. The summed E-state index contributed by atoms with van der Waals surface area (Å²) in [5, 5.41) is 0. The topological polar surface area (TPSA) is 29.3 Å². The molecule has 2 N–H and O–H groups in total. The maximum atomic E-state index is 6.11. The number of benzene rings is 1. The van der Waals surface area contributed by atoms with Gasteiger partial charge in [0, 0.05) is 12.6 Å². The van der Waals surface area contributed by atoms with E-state index in [2.05, 4.69) is 50.8 Å². The van der Waals surface area contributed by atoms with Crippen LogP contribution in [0.25, 0.3) is 0 Å². The van der Waals surface area contributed by atoms with E-state index in [4.69, 9.17) is 5.73 Å². The summed E-state index contributed by atoms with van der Waals surface area (Å²) in [6, 6.07) is 7.01. The highest BCUT2D eigenvalue weighted by molar-refractivity contribution is 5.35. The Morgan fingerprint density at radius 3 is 2.40 bits per heavy atom. The average molecular weight is 274 g/mol. The highest BCUT2D eigenvalue weighted by atomic mass is 15.2. The standard InChI is InChI=1S/C18H30N2/c1-13(2)16-8-10-20(11-9-16)18(12-19)17-7-5-6-14(3)15(17)4/h5-7,13,16,18H,8-12,19H2,1-4H3. The normalized spacial score (nSPS) is 19.5. The lowest BCUT2D eigenvalue weighted by Gasteiger charge is -2.39. The molecule has 1 aromatic rings. The fourth-order valence-electron chi connectivity index (χ4n) is 3.51. The van der Waals surface area contributed by atoms with Crippen molar-refractivity contribution in [2.24, 2.45) is 17.6 Å². The Morgan fingerprint density at radius 1 is 1.20 bits per heavy atom. The van der Waals surface area contributed by atoms with Gasteiger partial charge in [-0.3, -0.25) is 4.90 Å². The van der Waals surface area contributed by atoms with Gasteiger partial charge in [-0.2, -0.15) is 0 Å². The predicted octanol–water partition coefficient (Wildman–Crippen LogP) is 3.67. The predicted molar refractivity (Wildman–Crippen MR) is 86.8 cm³/mol. The maximum Gasteiger partial charge on any atom is 0.0473 e. The summed E-state index contributed by atoms with van der Waals surface area (Å²) in [6.45, 7) is 12.2. The quantitative estimate of drug-likeness (QED) is 0.907. The number of hydrogen-bond acceptors (Lipinski definition) is 2. The number of aryl methyl sites for hydroxylation is 1. The minimum Gasteiger partial charge on any atom is -0.329 e. The fraction of sp³-hybridized carbons (Fsp3) is 0.667. The molecule has 20 heavy (non-hydrogen) atoms. The van der Waals surface area contributed by atoms with E-state index in [0.29, 0.717) is 6.04 Å². The number of nitrogens with zero attached hydrogens (tertiary/aromatic N) is 1. The van der Waals surface area contributed by atoms with Crippen LogP contribution in [-0.4, -0.2) is 24.5 Å². The summed E-state index contributed by atoms with van der Waals surface area (Å²) in [5.41, 5.74) is 10.3. The maximum absolute atomic E-state index is 6.11. The summed E-state index contributed by atoms with van der Waals surface area (Å²) in [5.74, 6) is 1.71. The molecule has 0 bridgehead atoms. The second-order valence-corrected chi connectivity index (χ2v) is 6.66. The second kappa shape index (κ2) is 6.73. The molecule has 1 aliphatic rings. The van der Waals surface area contributed by atoms with Crippen LogP contribution >= 0.6 is 0 Å². The summed E-state index contributed by atoms with van der Waals surface area (Å²) in [4.78, 5) is 2.60. The molecule has 0 aromatic heterocycles. The van der Waals surface area contributed by atoms with Crippen molar-refractivity contribution < 1.29 is 0 Å². The molecule has 1 saturated heterocycles. The SMILES string of the molecule is Cc1cccc(C(CN)N2CCC(C(C)C)CC2)c1C. The molecule has 112 valence electrons. The third kappa shape index (κ3) is 3.24. The Kier molecular flexibility index (Phi) is 5.22. The van der Waals surface area contributed by atoms with Crippen molar-refractivity contribution in [3.05, 3.63) is 34.9 Å². The van der Waals surface area contributed by atoms with Crippen molar-refractivity contribution in [3.63, 3.8) is 0 Å². The van der Waals surface area contributed by atoms with Crippen LogP contribution in [-0.2, 0) is 0 Å². The van der Waals surface area contributed by atoms with Crippen LogP contribution in [0.3, 0.4) is 0 Å². The van der Waals surface area contributed by atoms with Crippen LogP contribution in [0.1, 0.15) is 49.4 Å². The van der Waals surface area contributed by atoms with Crippen LogP contribution in [0.4, 0.5) is 0 Å². The van der Waals surface area contributed by atoms with E-state index >= 15 is 0 Å². The molecule has 0 aliphatic carbocycles. The second-order valence-electron chi connectivity index (χ2n) is 6.66. The molecule has 2 rings (SSSR count). The Balaban J connectivity index is 2.12. The van der Waals surface area contributed by atoms with Gasteiger partial charge < -0.3 is 5.73 Å². The number of likely N-dealkylation sites (tertiary alicyclic amines) is 1. The van der Waals surface area contributed by atoms with Crippen LogP contribution < -0.4 is 5.73 Å². The molecule has 1 unspecified atom stereocenters. The van der Waals surface area contributed by atoms with Crippen LogP contribution in [0.2, 0.25) is 0 Å². The molecule has 0 saturated carbocycles. The lowest BCUT2D eigenvalue weighted by Crippen LogP contribution is -2.41. The first-order chi connectivity index (χ1) is 9.54. The van der Waals surface area contributed by atoms with Gasteiger partial charge >= 0.3 is 0 Å². The van der Waals surface area contributed by atoms with Crippen molar-refractivity contribution in [3.8, 4) is 0 Å². The Morgan fingerprint density at radius 2 is 1.85 bits per heavy atom. The third-order valence-corrected chi connectivity index (χ3v) is 5.19. The van der Waals surface area contributed by atoms with E-state index in [1.54, 1.807) is 0 Å². The van der Waals surface area contributed by atoms with Gasteiger partial charge in [-0.1, -0.05) is 32.0 Å². The molecule has 1 fully saturated rings. The zero-order valence-corrected chi connectivity index (χ0v) is 13.5. The van der Waals surface area contributed by atoms with Crippen molar-refractivity contribution in [1.29, 1.82) is 0 Å². The molecule has 1 atom stereocenters. The zero-order valence-electron chi connectivity index (χ0n) is 13.5. The number of nitrogens with two attached hydrogens (primary N) is 1. The van der Waals surface area contributed by atoms with Crippen LogP contribution in [0.5, 0.6) is 0 Å². The van der Waals surface area contributed by atoms with E-state index in [1.807, 2.05) is 0 Å². The molecular weight excluding hydrogens is 244 g/mol. The first-order valence-corrected chi connectivity index (χ1v) is 8.04. The van der Waals surface area contributed by atoms with Gasteiger partial charge in [0.2, 0.25) is 0 Å². The van der Waals surface area contributed by atoms with E-state index in [0.717, 1.165) is 18.4 Å². The first-order valence-electron chi connectivity index (χ1n) is 8.04. The average Bonchev–Trinajstić information content (AvgIpc) is 2.45. The number of rotatable bonds is 4. The van der Waals surface area contributed by atoms with Gasteiger partial charge in [0.05, 0.1) is 0 Å². The number of piperidine rings is 1. The summed E-state index contributed by atoms with van der Waals surface area (Å²) < 4.78 is 0. The largest absolute Gasteiger partial charge is 0.329 e. The van der Waals surface area contributed by atoms with Gasteiger partial charge in [0.1, 0.15) is 0 Å². The fourth-order valence-corrected chi connectivity index (χ4v) is 3.51. The molecule has 2 heteroatoms. The van der Waals surface area contributed by atoms with Crippen molar-refractivity contribution in [2.45, 2.75) is 46.6 Å². The number of hydrogen-bond donors (Lipinski definition) is 1. The molecule has 0 amide bonds. The van der Waals surface area contributed by atoms with E-state index in [9.17, 15) is 0 Å². The van der Waals surface area contributed by atoms with Gasteiger partial charge in [-0.05, 0) is 68.3 Å². The Labute approximate surface area is 124 Å². The smallest absolute Gasteiger partial charge is 0.0473 e. The van der Waals surface area contributed by atoms with Crippen molar-refractivity contribution in [1.82, 2.24) is 4.90 Å². The lowest BCUT2D eigenvalue weighted by atomic mass is 9.85. The summed E-state index contributed by atoms with van der Waals surface area (Å²) >= 11 is 0. The van der Waals surface area contributed by atoms with Crippen molar-refractivity contribution >= 4 is 0 Å². The molecule has 1 aromatic carbocycles.